The van der Waals surface area contributed by atoms with Gasteiger partial charge in [0, 0.05) is 12.8 Å². The Kier molecular flexibility index (Phi) is 5.28. The topological polar surface area (TPSA) is 35.5 Å². The third kappa shape index (κ3) is 4.28. The third-order valence-electron chi connectivity index (χ3n) is 3.31. The largest absolute Gasteiger partial charge is 0.469 e. The minimum absolute atomic E-state index is 0.200. The molecule has 2 aromatic heterocycles. The Labute approximate surface area is 114 Å². The first-order valence-corrected chi connectivity index (χ1v) is 7.02. The minimum atomic E-state index is 0.200. The second-order valence-electron chi connectivity index (χ2n) is 4.76. The van der Waals surface area contributed by atoms with Gasteiger partial charge < -0.3 is 13.6 Å². The second-order valence-corrected chi connectivity index (χ2v) is 4.76. The molecule has 0 spiro atoms. The van der Waals surface area contributed by atoms with E-state index in [0.717, 1.165) is 37.2 Å². The Hall–Kier alpha value is -1.48. The molecule has 0 aliphatic carbocycles. The summed E-state index contributed by atoms with van der Waals surface area (Å²) in [6.07, 6.45) is 7.45. The number of furan rings is 2. The number of rotatable bonds is 8. The molecule has 0 saturated carbocycles. The van der Waals surface area contributed by atoms with Gasteiger partial charge in [0.25, 0.3) is 0 Å². The molecule has 2 rings (SSSR count). The van der Waals surface area contributed by atoms with E-state index in [1.807, 2.05) is 24.3 Å². The normalized spacial score (nSPS) is 14.4. The van der Waals surface area contributed by atoms with Gasteiger partial charge >= 0.3 is 0 Å². The van der Waals surface area contributed by atoms with Gasteiger partial charge in [0.1, 0.15) is 11.5 Å². The highest BCUT2D eigenvalue weighted by atomic mass is 16.5. The lowest BCUT2D eigenvalue weighted by Gasteiger charge is -2.22. The molecule has 0 aromatic carbocycles. The van der Waals surface area contributed by atoms with Gasteiger partial charge in [0.15, 0.2) is 0 Å². The molecule has 2 unspecified atom stereocenters. The van der Waals surface area contributed by atoms with Gasteiger partial charge in [0.05, 0.1) is 24.7 Å². The van der Waals surface area contributed by atoms with Crippen molar-refractivity contribution in [2.24, 2.45) is 0 Å². The fourth-order valence-corrected chi connectivity index (χ4v) is 2.16. The molecule has 0 bridgehead atoms. The van der Waals surface area contributed by atoms with Crippen molar-refractivity contribution in [2.75, 3.05) is 0 Å². The molecule has 2 heterocycles. The lowest BCUT2D eigenvalue weighted by Crippen LogP contribution is -2.24. The third-order valence-corrected chi connectivity index (χ3v) is 3.31. The van der Waals surface area contributed by atoms with Crippen molar-refractivity contribution >= 4 is 0 Å². The van der Waals surface area contributed by atoms with Gasteiger partial charge in [-0.3, -0.25) is 0 Å². The van der Waals surface area contributed by atoms with Crippen LogP contribution in [0, 0.1) is 0 Å². The molecule has 104 valence electrons. The van der Waals surface area contributed by atoms with Gasteiger partial charge in [-0.25, -0.2) is 0 Å². The van der Waals surface area contributed by atoms with Crippen molar-refractivity contribution in [3.8, 4) is 0 Å². The zero-order valence-corrected chi connectivity index (χ0v) is 11.7. The summed E-state index contributed by atoms with van der Waals surface area (Å²) in [7, 11) is 0. The molecule has 0 fully saturated rings. The maximum atomic E-state index is 6.18. The molecule has 2 atom stereocenters. The molecule has 0 amide bonds. The summed E-state index contributed by atoms with van der Waals surface area (Å²) < 4.78 is 17.0. The second kappa shape index (κ2) is 7.19. The average Bonchev–Trinajstić information content (AvgIpc) is 3.10. The van der Waals surface area contributed by atoms with Crippen LogP contribution in [-0.4, -0.2) is 12.2 Å². The van der Waals surface area contributed by atoms with Crippen LogP contribution in [0.2, 0.25) is 0 Å². The summed E-state index contributed by atoms with van der Waals surface area (Å²) in [5.74, 6) is 1.97. The quantitative estimate of drug-likeness (QED) is 0.714. The smallest absolute Gasteiger partial charge is 0.106 e. The summed E-state index contributed by atoms with van der Waals surface area (Å²) in [6, 6.07) is 7.84. The van der Waals surface area contributed by atoms with Crippen LogP contribution in [0.5, 0.6) is 0 Å². The van der Waals surface area contributed by atoms with Crippen molar-refractivity contribution in [2.45, 2.75) is 51.7 Å². The summed E-state index contributed by atoms with van der Waals surface area (Å²) in [6.45, 7) is 4.29. The van der Waals surface area contributed by atoms with E-state index in [1.165, 1.54) is 0 Å². The summed E-state index contributed by atoms with van der Waals surface area (Å²) in [4.78, 5) is 0. The van der Waals surface area contributed by atoms with Gasteiger partial charge in [-0.05, 0) is 37.1 Å². The molecule has 3 heteroatoms. The first-order valence-electron chi connectivity index (χ1n) is 7.02. The molecular weight excluding hydrogens is 240 g/mol. The number of ether oxygens (including phenoxy) is 1. The fourth-order valence-electron chi connectivity index (χ4n) is 2.16. The van der Waals surface area contributed by atoms with E-state index in [2.05, 4.69) is 13.8 Å². The minimum Gasteiger partial charge on any atom is -0.469 e. The summed E-state index contributed by atoms with van der Waals surface area (Å²) >= 11 is 0. The first-order chi connectivity index (χ1) is 9.31. The van der Waals surface area contributed by atoms with E-state index in [1.54, 1.807) is 12.5 Å². The molecule has 0 aliphatic rings. The van der Waals surface area contributed by atoms with Gasteiger partial charge in [-0.2, -0.15) is 0 Å². The lowest BCUT2D eigenvalue weighted by atomic mass is 10.1. The molecular formula is C16H22O3. The highest BCUT2D eigenvalue weighted by molar-refractivity contribution is 5.01. The van der Waals surface area contributed by atoms with E-state index < -0.39 is 0 Å². The van der Waals surface area contributed by atoms with E-state index in [-0.39, 0.29) is 12.2 Å². The maximum Gasteiger partial charge on any atom is 0.106 e. The summed E-state index contributed by atoms with van der Waals surface area (Å²) in [5.41, 5.74) is 0. The van der Waals surface area contributed by atoms with Crippen LogP contribution >= 0.6 is 0 Å². The van der Waals surface area contributed by atoms with Gasteiger partial charge in [-0.15, -0.1) is 0 Å². The standard InChI is InChI=1S/C16H22O3/c1-3-13(11-15-7-5-9-17-15)19-14(4-2)12-16-8-6-10-18-16/h5-10,13-14H,3-4,11-12H2,1-2H3. The van der Waals surface area contributed by atoms with Crippen LogP contribution in [0.15, 0.2) is 45.6 Å². The van der Waals surface area contributed by atoms with Crippen molar-refractivity contribution in [1.29, 1.82) is 0 Å². The molecule has 3 nitrogen and oxygen atoms in total. The first kappa shape index (κ1) is 13.9. The Balaban J connectivity index is 1.88. The van der Waals surface area contributed by atoms with Crippen molar-refractivity contribution in [3.63, 3.8) is 0 Å². The monoisotopic (exact) mass is 262 g/mol. The Morgan fingerprint density at radius 1 is 0.895 bits per heavy atom. The number of hydrogen-bond acceptors (Lipinski definition) is 3. The highest BCUT2D eigenvalue weighted by Crippen LogP contribution is 2.16. The highest BCUT2D eigenvalue weighted by Gasteiger charge is 2.17. The Morgan fingerprint density at radius 2 is 1.37 bits per heavy atom. The van der Waals surface area contributed by atoms with Crippen LogP contribution in [0.25, 0.3) is 0 Å². The zero-order chi connectivity index (χ0) is 13.5. The van der Waals surface area contributed by atoms with E-state index in [9.17, 15) is 0 Å². The zero-order valence-electron chi connectivity index (χ0n) is 11.7. The van der Waals surface area contributed by atoms with Crippen molar-refractivity contribution in [3.05, 3.63) is 48.3 Å². The van der Waals surface area contributed by atoms with Crippen LogP contribution in [0.1, 0.15) is 38.2 Å². The molecule has 2 aromatic rings. The van der Waals surface area contributed by atoms with Crippen LogP contribution < -0.4 is 0 Å². The summed E-state index contributed by atoms with van der Waals surface area (Å²) in [5, 5.41) is 0. The molecule has 0 saturated heterocycles. The predicted molar refractivity (Wildman–Crippen MR) is 74.1 cm³/mol. The van der Waals surface area contributed by atoms with Crippen LogP contribution in [0.3, 0.4) is 0 Å². The van der Waals surface area contributed by atoms with Crippen molar-refractivity contribution in [1.82, 2.24) is 0 Å². The molecule has 19 heavy (non-hydrogen) atoms. The Bertz CT molecular complexity index is 388. The Morgan fingerprint density at radius 3 is 1.68 bits per heavy atom. The van der Waals surface area contributed by atoms with Gasteiger partial charge in [0.2, 0.25) is 0 Å². The van der Waals surface area contributed by atoms with E-state index >= 15 is 0 Å². The van der Waals surface area contributed by atoms with Crippen molar-refractivity contribution < 1.29 is 13.6 Å². The fraction of sp³-hybridized carbons (Fsp3) is 0.500. The van der Waals surface area contributed by atoms with E-state index in [0.29, 0.717) is 0 Å². The lowest BCUT2D eigenvalue weighted by molar-refractivity contribution is -0.0190. The molecule has 0 aliphatic heterocycles. The number of hydrogen-bond donors (Lipinski definition) is 0. The molecule has 0 radical (unpaired) electrons. The molecule has 0 N–H and O–H groups in total. The SMILES string of the molecule is CCC(Cc1ccco1)OC(CC)Cc1ccco1. The van der Waals surface area contributed by atoms with Crippen LogP contribution in [0.4, 0.5) is 0 Å². The van der Waals surface area contributed by atoms with Gasteiger partial charge in [-0.1, -0.05) is 13.8 Å². The average molecular weight is 262 g/mol. The van der Waals surface area contributed by atoms with E-state index in [4.69, 9.17) is 13.6 Å². The van der Waals surface area contributed by atoms with Crippen LogP contribution in [-0.2, 0) is 17.6 Å². The predicted octanol–water partition coefficient (Wildman–Crippen LogP) is 4.23. The maximum absolute atomic E-state index is 6.18.